The summed E-state index contributed by atoms with van der Waals surface area (Å²) in [4.78, 5) is 24.6. The highest BCUT2D eigenvalue weighted by Crippen LogP contribution is 2.45. The predicted molar refractivity (Wildman–Crippen MR) is 47.6 cm³/mol. The van der Waals surface area contributed by atoms with Gasteiger partial charge in [0.15, 0.2) is 0 Å². The van der Waals surface area contributed by atoms with Gasteiger partial charge in [-0.15, -0.1) is 0 Å². The van der Waals surface area contributed by atoms with Gasteiger partial charge in [-0.05, 0) is 11.8 Å². The summed E-state index contributed by atoms with van der Waals surface area (Å²) in [6, 6.07) is 0.182. The first-order chi connectivity index (χ1) is 6.68. The van der Waals surface area contributed by atoms with Gasteiger partial charge < -0.3 is 9.64 Å². The van der Waals surface area contributed by atoms with E-state index in [0.29, 0.717) is 30.6 Å². The number of hydrogen-bond acceptors (Lipinski definition) is 3. The number of ketones is 1. The summed E-state index contributed by atoms with van der Waals surface area (Å²) in [5, 5.41) is 0. The van der Waals surface area contributed by atoms with Gasteiger partial charge in [-0.2, -0.15) is 0 Å². The van der Waals surface area contributed by atoms with E-state index in [1.165, 1.54) is 0 Å². The Bertz CT molecular complexity index is 310. The van der Waals surface area contributed by atoms with Crippen LogP contribution < -0.4 is 0 Å². The summed E-state index contributed by atoms with van der Waals surface area (Å²) in [5.41, 5.74) is 0. The maximum atomic E-state index is 11.5. The molecular formula is C10H13NO3. The van der Waals surface area contributed by atoms with E-state index in [9.17, 15) is 9.59 Å². The fraction of sp³-hybridized carbons (Fsp3) is 0.800. The number of cyclic esters (lactones) is 1. The minimum Gasteiger partial charge on any atom is -0.447 e. The van der Waals surface area contributed by atoms with Crippen LogP contribution in [-0.2, 0) is 9.53 Å². The monoisotopic (exact) mass is 195 g/mol. The molecule has 0 unspecified atom stereocenters. The topological polar surface area (TPSA) is 46.6 Å². The zero-order valence-corrected chi connectivity index (χ0v) is 8.10. The predicted octanol–water partition coefficient (Wildman–Crippen LogP) is 0.662. The Labute approximate surface area is 82.2 Å². The molecule has 3 aliphatic rings. The number of hydrogen-bond donors (Lipinski definition) is 0. The summed E-state index contributed by atoms with van der Waals surface area (Å²) >= 11 is 0. The lowest BCUT2D eigenvalue weighted by Crippen LogP contribution is -2.31. The van der Waals surface area contributed by atoms with Gasteiger partial charge in [-0.3, -0.25) is 4.79 Å². The molecule has 4 nitrogen and oxygen atoms in total. The summed E-state index contributed by atoms with van der Waals surface area (Å²) in [6.07, 6.45) is 0.452. The lowest BCUT2D eigenvalue weighted by Gasteiger charge is -2.14. The van der Waals surface area contributed by atoms with Gasteiger partial charge in [0.1, 0.15) is 12.4 Å². The third-order valence-electron chi connectivity index (χ3n) is 4.05. The lowest BCUT2D eigenvalue weighted by atomic mass is 9.90. The van der Waals surface area contributed by atoms with Crippen molar-refractivity contribution in [3.63, 3.8) is 0 Å². The number of carbonyl (C=O) groups excluding carboxylic acids is 2. The molecule has 1 aliphatic carbocycles. The third kappa shape index (κ3) is 0.837. The molecule has 76 valence electrons. The quantitative estimate of drug-likeness (QED) is 0.570. The SMILES string of the molecule is C[C@H]1C(=O)C[C@H]2[C@@H]1CN1C(=O)OC[C@H]21. The van der Waals surface area contributed by atoms with E-state index < -0.39 is 0 Å². The first-order valence-electron chi connectivity index (χ1n) is 5.14. The highest BCUT2D eigenvalue weighted by molar-refractivity contribution is 5.84. The van der Waals surface area contributed by atoms with Crippen molar-refractivity contribution in [2.45, 2.75) is 19.4 Å². The normalized spacial score (nSPS) is 45.4. The van der Waals surface area contributed by atoms with Crippen LogP contribution in [0.25, 0.3) is 0 Å². The number of rotatable bonds is 0. The molecule has 0 N–H and O–H groups in total. The Morgan fingerprint density at radius 3 is 2.93 bits per heavy atom. The molecule has 0 bridgehead atoms. The highest BCUT2D eigenvalue weighted by Gasteiger charge is 2.55. The van der Waals surface area contributed by atoms with Crippen molar-refractivity contribution in [2.24, 2.45) is 17.8 Å². The molecule has 3 fully saturated rings. The first-order valence-corrected chi connectivity index (χ1v) is 5.14. The molecule has 2 aliphatic heterocycles. The van der Waals surface area contributed by atoms with E-state index in [2.05, 4.69) is 0 Å². The Kier molecular flexibility index (Phi) is 1.47. The second-order valence-corrected chi connectivity index (χ2v) is 4.58. The van der Waals surface area contributed by atoms with E-state index in [0.717, 1.165) is 6.54 Å². The zero-order chi connectivity index (χ0) is 9.87. The highest BCUT2D eigenvalue weighted by atomic mass is 16.6. The van der Waals surface area contributed by atoms with Crippen LogP contribution in [0.4, 0.5) is 4.79 Å². The standard InChI is InChI=1S/C10H13NO3/c1-5-7-3-11-8(4-14-10(11)13)6(7)2-9(5)12/h5-8H,2-4H2,1H3/t5-,6+,7-,8-/m1/s1. The molecule has 0 aromatic carbocycles. The van der Waals surface area contributed by atoms with Gasteiger partial charge in [0.05, 0.1) is 6.04 Å². The molecule has 0 spiro atoms. The fourth-order valence-electron chi connectivity index (χ4n) is 3.15. The smallest absolute Gasteiger partial charge is 0.410 e. The average Bonchev–Trinajstić information content (AvgIpc) is 2.74. The minimum atomic E-state index is -0.191. The molecule has 4 atom stereocenters. The summed E-state index contributed by atoms with van der Waals surface area (Å²) in [6.45, 7) is 3.20. The van der Waals surface area contributed by atoms with Crippen LogP contribution in [0.1, 0.15) is 13.3 Å². The largest absolute Gasteiger partial charge is 0.447 e. The molecular weight excluding hydrogens is 182 g/mol. The maximum absolute atomic E-state index is 11.5. The fourth-order valence-corrected chi connectivity index (χ4v) is 3.15. The van der Waals surface area contributed by atoms with E-state index in [1.54, 1.807) is 4.90 Å². The molecule has 0 aromatic heterocycles. The van der Waals surface area contributed by atoms with Crippen molar-refractivity contribution >= 4 is 11.9 Å². The second kappa shape index (κ2) is 2.49. The number of Topliss-reactive ketones (excluding diaryl/α,β-unsaturated/α-hetero) is 1. The number of ether oxygens (including phenoxy) is 1. The van der Waals surface area contributed by atoms with Gasteiger partial charge in [0, 0.05) is 18.9 Å². The van der Waals surface area contributed by atoms with Crippen LogP contribution >= 0.6 is 0 Å². The molecule has 4 heteroatoms. The molecule has 1 saturated carbocycles. The van der Waals surface area contributed by atoms with Crippen molar-refractivity contribution in [1.29, 1.82) is 0 Å². The number of carbonyl (C=O) groups is 2. The Balaban J connectivity index is 1.89. The molecule has 1 amide bonds. The molecule has 14 heavy (non-hydrogen) atoms. The van der Waals surface area contributed by atoms with Crippen molar-refractivity contribution in [3.8, 4) is 0 Å². The molecule has 0 aromatic rings. The zero-order valence-electron chi connectivity index (χ0n) is 8.10. The van der Waals surface area contributed by atoms with Crippen molar-refractivity contribution < 1.29 is 14.3 Å². The van der Waals surface area contributed by atoms with Gasteiger partial charge in [0.25, 0.3) is 0 Å². The molecule has 2 saturated heterocycles. The van der Waals surface area contributed by atoms with Crippen LogP contribution in [0.15, 0.2) is 0 Å². The van der Waals surface area contributed by atoms with E-state index in [4.69, 9.17) is 4.74 Å². The first kappa shape index (κ1) is 8.26. The van der Waals surface area contributed by atoms with Gasteiger partial charge >= 0.3 is 6.09 Å². The average molecular weight is 195 g/mol. The summed E-state index contributed by atoms with van der Waals surface area (Å²) in [7, 11) is 0. The summed E-state index contributed by atoms with van der Waals surface area (Å²) < 4.78 is 4.97. The number of nitrogens with zero attached hydrogens (tertiary/aromatic N) is 1. The van der Waals surface area contributed by atoms with Crippen LogP contribution in [0.5, 0.6) is 0 Å². The van der Waals surface area contributed by atoms with Gasteiger partial charge in [0.2, 0.25) is 0 Å². The van der Waals surface area contributed by atoms with Gasteiger partial charge in [-0.25, -0.2) is 4.79 Å². The molecule has 2 heterocycles. The maximum Gasteiger partial charge on any atom is 0.410 e. The van der Waals surface area contributed by atoms with Crippen LogP contribution in [0.2, 0.25) is 0 Å². The van der Waals surface area contributed by atoms with Crippen LogP contribution in [-0.4, -0.2) is 36.0 Å². The molecule has 3 rings (SSSR count). The van der Waals surface area contributed by atoms with Crippen molar-refractivity contribution in [3.05, 3.63) is 0 Å². The lowest BCUT2D eigenvalue weighted by molar-refractivity contribution is -0.121. The third-order valence-corrected chi connectivity index (χ3v) is 4.05. The van der Waals surface area contributed by atoms with E-state index in [-0.39, 0.29) is 18.1 Å². The number of fused-ring (bicyclic) bond motifs is 3. The van der Waals surface area contributed by atoms with Crippen LogP contribution in [0, 0.1) is 17.8 Å². The van der Waals surface area contributed by atoms with Crippen molar-refractivity contribution in [1.82, 2.24) is 4.90 Å². The Hall–Kier alpha value is -1.06. The number of amides is 1. The Morgan fingerprint density at radius 1 is 1.36 bits per heavy atom. The van der Waals surface area contributed by atoms with Gasteiger partial charge in [-0.1, -0.05) is 6.92 Å². The second-order valence-electron chi connectivity index (χ2n) is 4.58. The van der Waals surface area contributed by atoms with Crippen LogP contribution in [0.3, 0.4) is 0 Å². The van der Waals surface area contributed by atoms with Crippen molar-refractivity contribution in [2.75, 3.05) is 13.2 Å². The summed E-state index contributed by atoms with van der Waals surface area (Å²) in [5.74, 6) is 1.25. The van der Waals surface area contributed by atoms with E-state index >= 15 is 0 Å². The van der Waals surface area contributed by atoms with E-state index in [1.807, 2.05) is 6.92 Å². The Morgan fingerprint density at radius 2 is 2.14 bits per heavy atom. The minimum absolute atomic E-state index is 0.137. The molecule has 0 radical (unpaired) electrons.